The number of hydrogen-bond donors (Lipinski definition) is 3. The van der Waals surface area contributed by atoms with Crippen LogP contribution >= 0.6 is 34.4 Å². The third-order valence-corrected chi connectivity index (χ3v) is 8.61. The summed E-state index contributed by atoms with van der Waals surface area (Å²) in [4.78, 5) is 49.8. The number of β-lactam (4-membered cyclic amide) rings is 1. The van der Waals surface area contributed by atoms with Crippen LogP contribution in [0.15, 0.2) is 57.0 Å². The van der Waals surface area contributed by atoms with E-state index < -0.39 is 29.9 Å². The maximum absolute atomic E-state index is 13.1. The van der Waals surface area contributed by atoms with Gasteiger partial charge in [-0.05, 0) is 17.5 Å². The van der Waals surface area contributed by atoms with Gasteiger partial charge in [0, 0.05) is 35.1 Å². The Bertz CT molecular complexity index is 1520. The molecule has 0 saturated carbocycles. The molecule has 5 heterocycles. The van der Waals surface area contributed by atoms with Crippen molar-refractivity contribution in [2.45, 2.75) is 19.0 Å². The molecule has 0 aromatic carbocycles. The lowest BCUT2D eigenvalue weighted by Crippen LogP contribution is -2.73. The van der Waals surface area contributed by atoms with Crippen molar-refractivity contribution in [1.29, 1.82) is 0 Å². The van der Waals surface area contributed by atoms with Gasteiger partial charge in [0.25, 0.3) is 16.6 Å². The number of carboxylic acid groups (broad SMARTS) is 1. The van der Waals surface area contributed by atoms with E-state index in [2.05, 4.69) is 15.5 Å². The first kappa shape index (κ1) is 24.9. The summed E-state index contributed by atoms with van der Waals surface area (Å²) < 4.78 is 1.99. The number of carboxylic acids is 1. The zero-order chi connectivity index (χ0) is 26.3. The summed E-state index contributed by atoms with van der Waals surface area (Å²) in [6.07, 6.45) is 3.69. The average molecular weight is 558 g/mol. The Balaban J connectivity index is 1.40. The van der Waals surface area contributed by atoms with Crippen LogP contribution in [-0.2, 0) is 19.2 Å². The predicted molar refractivity (Wildman–Crippen MR) is 142 cm³/mol. The van der Waals surface area contributed by atoms with E-state index in [1.54, 1.807) is 22.8 Å². The molecule has 11 nitrogen and oxygen atoms in total. The van der Waals surface area contributed by atoms with Crippen molar-refractivity contribution in [1.82, 2.24) is 15.2 Å². The fourth-order valence-corrected chi connectivity index (χ4v) is 6.95. The maximum Gasteiger partial charge on any atom is 0.353 e. The average Bonchev–Trinajstić information content (AvgIpc) is 3.53. The number of thiophene rings is 1. The number of thiazole rings is 1. The summed E-state index contributed by atoms with van der Waals surface area (Å²) in [6.45, 7) is 1.89. The minimum atomic E-state index is -1.21. The normalized spacial score (nSPS) is 20.1. The number of hydrogen-bond acceptors (Lipinski definition) is 10. The van der Waals surface area contributed by atoms with Gasteiger partial charge in [-0.3, -0.25) is 14.5 Å². The number of pyridine rings is 1. The standard InChI is InChI=1S/C23H20N6O5S3/c1-11(28-6-3-4-12-5-7-35-21(12)28)8-15-18(22(32)33)29-14(10-36-15)17(20(29)31)26-19(30)16(27-34-2)13-9-37-23(24)25-13/h3-9,14,17H,10H2,1-2H3,(H3-,24,25,26,30,32,33)/p+1. The largest absolute Gasteiger partial charge is 0.477 e. The van der Waals surface area contributed by atoms with E-state index in [1.807, 2.05) is 41.3 Å². The summed E-state index contributed by atoms with van der Waals surface area (Å²) >= 11 is 4.05. The molecule has 0 radical (unpaired) electrons. The Hall–Kier alpha value is -3.75. The molecule has 3 aromatic rings. The second-order valence-corrected chi connectivity index (χ2v) is 10.9. The third kappa shape index (κ3) is 4.47. The third-order valence-electron chi connectivity index (χ3n) is 5.88. The number of thioether (sulfide) groups is 1. The monoisotopic (exact) mass is 557 g/mol. The Kier molecular flexibility index (Phi) is 6.70. The molecule has 5 rings (SSSR count). The fraction of sp³-hybridized carbons (Fsp3) is 0.217. The number of nitrogens with two attached hydrogens (primary N) is 1. The minimum absolute atomic E-state index is 0.104. The number of carbonyl (C=O) groups excluding carboxylic acids is 2. The lowest BCUT2D eigenvalue weighted by Gasteiger charge is -2.49. The van der Waals surface area contributed by atoms with Gasteiger partial charge in [-0.1, -0.05) is 16.5 Å². The predicted octanol–water partition coefficient (Wildman–Crippen LogP) is 1.88. The second kappa shape index (κ2) is 9.95. The van der Waals surface area contributed by atoms with Crippen molar-refractivity contribution in [3.8, 4) is 0 Å². The van der Waals surface area contributed by atoms with Crippen LogP contribution in [0.4, 0.5) is 5.13 Å². The molecule has 2 unspecified atom stereocenters. The fourth-order valence-electron chi connectivity index (χ4n) is 4.20. The van der Waals surface area contributed by atoms with Gasteiger partial charge in [0.05, 0.1) is 11.4 Å². The Morgan fingerprint density at radius 2 is 2.19 bits per heavy atom. The number of fused-ring (bicyclic) bond motifs is 2. The lowest BCUT2D eigenvalue weighted by molar-refractivity contribution is -0.550. The zero-order valence-corrected chi connectivity index (χ0v) is 22.0. The van der Waals surface area contributed by atoms with E-state index in [1.165, 1.54) is 23.8 Å². The first-order chi connectivity index (χ1) is 17.8. The van der Waals surface area contributed by atoms with Crippen molar-refractivity contribution in [2.24, 2.45) is 5.16 Å². The summed E-state index contributed by atoms with van der Waals surface area (Å²) in [7, 11) is 1.29. The van der Waals surface area contributed by atoms with Crippen LogP contribution in [-0.4, -0.2) is 63.4 Å². The molecule has 2 amide bonds. The maximum atomic E-state index is 13.1. The second-order valence-electron chi connectivity index (χ2n) is 8.09. The highest BCUT2D eigenvalue weighted by atomic mass is 32.2. The molecule has 2 aliphatic rings. The molecule has 0 spiro atoms. The number of nitrogens with one attached hydrogen (secondary N) is 1. The van der Waals surface area contributed by atoms with Gasteiger partial charge >= 0.3 is 5.97 Å². The number of anilines is 1. The molecule has 1 saturated heterocycles. The molecule has 2 aliphatic heterocycles. The van der Waals surface area contributed by atoms with E-state index in [0.29, 0.717) is 10.7 Å². The highest BCUT2D eigenvalue weighted by Gasteiger charge is 2.54. The van der Waals surface area contributed by atoms with Gasteiger partial charge < -0.3 is 21.0 Å². The van der Waals surface area contributed by atoms with E-state index in [9.17, 15) is 19.5 Å². The molecule has 0 aliphatic carbocycles. The number of rotatable bonds is 7. The van der Waals surface area contributed by atoms with E-state index in [-0.39, 0.29) is 22.2 Å². The molecule has 14 heteroatoms. The molecular formula is C23H21N6O5S3+. The first-order valence-electron chi connectivity index (χ1n) is 10.9. The smallest absolute Gasteiger partial charge is 0.353 e. The van der Waals surface area contributed by atoms with Gasteiger partial charge in [-0.25, -0.2) is 9.78 Å². The molecule has 37 heavy (non-hydrogen) atoms. The van der Waals surface area contributed by atoms with Gasteiger partial charge in [-0.2, -0.15) is 4.57 Å². The number of nitrogens with zero attached hydrogens (tertiary/aromatic N) is 4. The van der Waals surface area contributed by atoms with Gasteiger partial charge in [0.2, 0.25) is 0 Å². The molecule has 190 valence electrons. The van der Waals surface area contributed by atoms with E-state index in [0.717, 1.165) is 27.3 Å². The first-order valence-corrected chi connectivity index (χ1v) is 13.7. The van der Waals surface area contributed by atoms with Crippen molar-refractivity contribution in [3.05, 3.63) is 57.5 Å². The highest BCUT2D eigenvalue weighted by Crippen LogP contribution is 2.40. The number of carbonyl (C=O) groups is 3. The number of aliphatic carboxylic acids is 1. The zero-order valence-electron chi connectivity index (χ0n) is 19.6. The number of amides is 2. The van der Waals surface area contributed by atoms with Gasteiger partial charge in [-0.15, -0.1) is 23.1 Å². The number of aromatic nitrogens is 2. The molecule has 3 aromatic heterocycles. The molecule has 0 bridgehead atoms. The number of nitrogen functional groups attached to an aromatic ring is 1. The Labute approximate surface area is 222 Å². The molecule has 1 fully saturated rings. The molecule has 2 atom stereocenters. The van der Waals surface area contributed by atoms with E-state index >= 15 is 0 Å². The van der Waals surface area contributed by atoms with Crippen molar-refractivity contribution in [2.75, 3.05) is 18.6 Å². The summed E-state index contributed by atoms with van der Waals surface area (Å²) in [5, 5.41) is 21.3. The van der Waals surface area contributed by atoms with Crippen LogP contribution in [0, 0.1) is 0 Å². The van der Waals surface area contributed by atoms with Crippen LogP contribution < -0.4 is 15.6 Å². The molecule has 4 N–H and O–H groups in total. The minimum Gasteiger partial charge on any atom is -0.477 e. The van der Waals surface area contributed by atoms with Crippen LogP contribution in [0.5, 0.6) is 0 Å². The topological polar surface area (TPSA) is 151 Å². The Morgan fingerprint density at radius 3 is 2.89 bits per heavy atom. The highest BCUT2D eigenvalue weighted by molar-refractivity contribution is 8.03. The van der Waals surface area contributed by atoms with E-state index in [4.69, 9.17) is 10.6 Å². The summed E-state index contributed by atoms with van der Waals surface area (Å²) in [5.41, 5.74) is 6.46. The number of allylic oxidation sites excluding steroid dienone is 2. The Morgan fingerprint density at radius 1 is 1.38 bits per heavy atom. The van der Waals surface area contributed by atoms with Crippen LogP contribution in [0.25, 0.3) is 15.9 Å². The quantitative estimate of drug-likeness (QED) is 0.172. The van der Waals surface area contributed by atoms with Crippen molar-refractivity contribution < 1.29 is 28.9 Å². The van der Waals surface area contributed by atoms with Crippen molar-refractivity contribution >= 4 is 79.0 Å². The number of oxime groups is 1. The summed E-state index contributed by atoms with van der Waals surface area (Å²) in [5.74, 6) is -1.99. The SMILES string of the molecule is CON=C(C(=O)NC1C(=O)N2C(C(=O)O)=C(C=C(C)[n+]3cccc4ccsc43)SCC12)c1csc(N)n1. The van der Waals surface area contributed by atoms with Gasteiger partial charge in [0.15, 0.2) is 22.7 Å². The lowest BCUT2D eigenvalue weighted by atomic mass is 9.94. The van der Waals surface area contributed by atoms with Crippen LogP contribution in [0.1, 0.15) is 12.6 Å². The van der Waals surface area contributed by atoms with Crippen LogP contribution in [0.2, 0.25) is 0 Å². The molecular weight excluding hydrogens is 536 g/mol. The summed E-state index contributed by atoms with van der Waals surface area (Å²) in [6, 6.07) is 4.52. The van der Waals surface area contributed by atoms with Crippen molar-refractivity contribution in [3.63, 3.8) is 0 Å². The van der Waals surface area contributed by atoms with Crippen LogP contribution in [0.3, 0.4) is 0 Å². The van der Waals surface area contributed by atoms with Gasteiger partial charge in [0.1, 0.15) is 24.5 Å².